The van der Waals surface area contributed by atoms with Crippen LogP contribution in [0.25, 0.3) is 0 Å². The van der Waals surface area contributed by atoms with Crippen LogP contribution in [-0.2, 0) is 22.5 Å². The zero-order chi connectivity index (χ0) is 16.5. The smallest absolute Gasteiger partial charge is 0.365 e. The van der Waals surface area contributed by atoms with Crippen LogP contribution in [0.3, 0.4) is 0 Å². The SMILES string of the molecule is CCc1c(C)nn(CC(=O)N2CCO[C@@H](C(F)(F)F)C2)c1C. The Morgan fingerprint density at radius 2 is 2.09 bits per heavy atom. The van der Waals surface area contributed by atoms with E-state index in [1.165, 1.54) is 4.90 Å². The van der Waals surface area contributed by atoms with Gasteiger partial charge in [-0.05, 0) is 25.8 Å². The van der Waals surface area contributed by atoms with Crippen molar-refractivity contribution < 1.29 is 22.7 Å². The summed E-state index contributed by atoms with van der Waals surface area (Å²) in [5, 5.41) is 4.30. The van der Waals surface area contributed by atoms with Gasteiger partial charge in [0.05, 0.1) is 18.8 Å². The third kappa shape index (κ3) is 3.43. The van der Waals surface area contributed by atoms with Crippen molar-refractivity contribution in [3.63, 3.8) is 0 Å². The molecule has 0 aliphatic carbocycles. The van der Waals surface area contributed by atoms with Crippen molar-refractivity contribution in [3.05, 3.63) is 17.0 Å². The second-order valence-corrected chi connectivity index (χ2v) is 5.40. The van der Waals surface area contributed by atoms with Crippen LogP contribution in [0, 0.1) is 13.8 Å². The van der Waals surface area contributed by atoms with E-state index in [0.717, 1.165) is 23.4 Å². The molecule has 0 spiro atoms. The van der Waals surface area contributed by atoms with E-state index in [-0.39, 0.29) is 25.6 Å². The molecular formula is C14H20F3N3O2. The maximum absolute atomic E-state index is 12.7. The quantitative estimate of drug-likeness (QED) is 0.854. The van der Waals surface area contributed by atoms with Crippen LogP contribution in [0.5, 0.6) is 0 Å². The Kier molecular flexibility index (Phi) is 4.79. The normalized spacial score (nSPS) is 19.5. The highest BCUT2D eigenvalue weighted by Gasteiger charge is 2.44. The Hall–Kier alpha value is -1.57. The number of nitrogens with zero attached hydrogens (tertiary/aromatic N) is 3. The molecule has 8 heteroatoms. The molecule has 22 heavy (non-hydrogen) atoms. The molecule has 124 valence electrons. The Bertz CT molecular complexity index is 554. The van der Waals surface area contributed by atoms with Crippen molar-refractivity contribution in [2.24, 2.45) is 0 Å². The number of aryl methyl sites for hydroxylation is 1. The number of morpholine rings is 1. The van der Waals surface area contributed by atoms with Gasteiger partial charge in [-0.25, -0.2) is 0 Å². The maximum Gasteiger partial charge on any atom is 0.416 e. The standard InChI is InChI=1S/C14H20F3N3O2/c1-4-11-9(2)18-20(10(11)3)8-13(21)19-5-6-22-12(7-19)14(15,16)17/h12H,4-8H2,1-3H3/t12-/m1/s1. The van der Waals surface area contributed by atoms with Gasteiger partial charge in [0.2, 0.25) is 5.91 Å². The molecule has 0 bridgehead atoms. The Labute approximate surface area is 127 Å². The number of aromatic nitrogens is 2. The molecule has 1 aliphatic heterocycles. The van der Waals surface area contributed by atoms with Crippen molar-refractivity contribution in [2.45, 2.75) is 46.0 Å². The van der Waals surface area contributed by atoms with Crippen LogP contribution in [0.2, 0.25) is 0 Å². The molecule has 0 aromatic carbocycles. The summed E-state index contributed by atoms with van der Waals surface area (Å²) in [7, 11) is 0. The Morgan fingerprint density at radius 1 is 1.41 bits per heavy atom. The van der Waals surface area contributed by atoms with Crippen LogP contribution in [-0.4, -0.2) is 52.6 Å². The zero-order valence-corrected chi connectivity index (χ0v) is 12.9. The summed E-state index contributed by atoms with van der Waals surface area (Å²) in [6, 6.07) is 0. The molecule has 1 amide bonds. The lowest BCUT2D eigenvalue weighted by atomic mass is 10.1. The van der Waals surface area contributed by atoms with Crippen molar-refractivity contribution in [3.8, 4) is 0 Å². The number of carbonyl (C=O) groups is 1. The Morgan fingerprint density at radius 3 is 2.64 bits per heavy atom. The van der Waals surface area contributed by atoms with Crippen LogP contribution in [0.4, 0.5) is 13.2 Å². The summed E-state index contributed by atoms with van der Waals surface area (Å²) in [6.45, 7) is 5.29. The molecule has 0 saturated carbocycles. The molecule has 0 unspecified atom stereocenters. The van der Waals surface area contributed by atoms with Crippen LogP contribution >= 0.6 is 0 Å². The number of hydrogen-bond donors (Lipinski definition) is 0. The molecule has 1 aromatic rings. The second-order valence-electron chi connectivity index (χ2n) is 5.40. The lowest BCUT2D eigenvalue weighted by molar-refractivity contribution is -0.236. The largest absolute Gasteiger partial charge is 0.416 e. The highest BCUT2D eigenvalue weighted by molar-refractivity contribution is 5.76. The van der Waals surface area contributed by atoms with Gasteiger partial charge in [-0.15, -0.1) is 0 Å². The van der Waals surface area contributed by atoms with Crippen molar-refractivity contribution in [1.82, 2.24) is 14.7 Å². The number of ether oxygens (including phenoxy) is 1. The molecule has 1 aliphatic rings. The number of amides is 1. The average Bonchev–Trinajstić information content (AvgIpc) is 2.72. The first-order valence-electron chi connectivity index (χ1n) is 7.23. The number of carbonyl (C=O) groups excluding carboxylic acids is 1. The molecule has 2 heterocycles. The molecule has 1 aromatic heterocycles. The van der Waals surface area contributed by atoms with Gasteiger partial charge in [-0.3, -0.25) is 9.48 Å². The first-order chi connectivity index (χ1) is 10.2. The molecular weight excluding hydrogens is 299 g/mol. The van der Waals surface area contributed by atoms with Gasteiger partial charge in [-0.2, -0.15) is 18.3 Å². The fourth-order valence-corrected chi connectivity index (χ4v) is 2.70. The fraction of sp³-hybridized carbons (Fsp3) is 0.714. The number of alkyl halides is 3. The fourth-order valence-electron chi connectivity index (χ4n) is 2.70. The third-order valence-corrected chi connectivity index (χ3v) is 3.95. The predicted molar refractivity (Wildman–Crippen MR) is 73.5 cm³/mol. The molecule has 0 N–H and O–H groups in total. The summed E-state index contributed by atoms with van der Waals surface area (Å²) in [5.41, 5.74) is 2.81. The summed E-state index contributed by atoms with van der Waals surface area (Å²) >= 11 is 0. The van der Waals surface area contributed by atoms with Gasteiger partial charge in [0.25, 0.3) is 0 Å². The number of hydrogen-bond acceptors (Lipinski definition) is 3. The first-order valence-corrected chi connectivity index (χ1v) is 7.23. The minimum atomic E-state index is -4.45. The molecule has 1 atom stereocenters. The van der Waals surface area contributed by atoms with E-state index in [1.54, 1.807) is 4.68 Å². The van der Waals surface area contributed by atoms with Gasteiger partial charge in [0.1, 0.15) is 6.54 Å². The third-order valence-electron chi connectivity index (χ3n) is 3.95. The summed E-state index contributed by atoms with van der Waals surface area (Å²) in [5.74, 6) is -0.370. The van der Waals surface area contributed by atoms with Crippen LogP contribution in [0.1, 0.15) is 23.9 Å². The van der Waals surface area contributed by atoms with Crippen LogP contribution in [0.15, 0.2) is 0 Å². The van der Waals surface area contributed by atoms with Gasteiger partial charge >= 0.3 is 6.18 Å². The van der Waals surface area contributed by atoms with E-state index in [2.05, 4.69) is 5.10 Å². The highest BCUT2D eigenvalue weighted by atomic mass is 19.4. The van der Waals surface area contributed by atoms with E-state index in [1.807, 2.05) is 20.8 Å². The average molecular weight is 319 g/mol. The highest BCUT2D eigenvalue weighted by Crippen LogP contribution is 2.25. The van der Waals surface area contributed by atoms with E-state index < -0.39 is 18.8 Å². The molecule has 2 rings (SSSR count). The van der Waals surface area contributed by atoms with E-state index in [4.69, 9.17) is 4.74 Å². The topological polar surface area (TPSA) is 47.4 Å². The summed E-state index contributed by atoms with van der Waals surface area (Å²) < 4.78 is 44.3. The predicted octanol–water partition coefficient (Wildman–Crippen LogP) is 1.85. The van der Waals surface area contributed by atoms with Gasteiger partial charge < -0.3 is 9.64 Å². The van der Waals surface area contributed by atoms with Gasteiger partial charge in [0, 0.05) is 12.2 Å². The van der Waals surface area contributed by atoms with Crippen LogP contribution < -0.4 is 0 Å². The van der Waals surface area contributed by atoms with Crippen molar-refractivity contribution in [2.75, 3.05) is 19.7 Å². The van der Waals surface area contributed by atoms with Gasteiger partial charge in [0.15, 0.2) is 6.10 Å². The number of rotatable bonds is 3. The molecule has 5 nitrogen and oxygen atoms in total. The maximum atomic E-state index is 12.7. The molecule has 1 saturated heterocycles. The van der Waals surface area contributed by atoms with E-state index in [0.29, 0.717) is 0 Å². The first kappa shape index (κ1) is 16.8. The second kappa shape index (κ2) is 6.28. The molecule has 1 fully saturated rings. The summed E-state index contributed by atoms with van der Waals surface area (Å²) in [4.78, 5) is 13.4. The minimum Gasteiger partial charge on any atom is -0.365 e. The summed E-state index contributed by atoms with van der Waals surface area (Å²) in [6.07, 6.45) is -5.55. The zero-order valence-electron chi connectivity index (χ0n) is 12.9. The van der Waals surface area contributed by atoms with Crippen molar-refractivity contribution >= 4 is 5.91 Å². The lowest BCUT2D eigenvalue weighted by Gasteiger charge is -2.33. The van der Waals surface area contributed by atoms with E-state index >= 15 is 0 Å². The number of halogens is 3. The monoisotopic (exact) mass is 319 g/mol. The Balaban J connectivity index is 2.06. The van der Waals surface area contributed by atoms with Gasteiger partial charge in [-0.1, -0.05) is 6.92 Å². The lowest BCUT2D eigenvalue weighted by Crippen LogP contribution is -2.51. The minimum absolute atomic E-state index is 0.0444. The van der Waals surface area contributed by atoms with Crippen molar-refractivity contribution in [1.29, 1.82) is 0 Å². The van der Waals surface area contributed by atoms with E-state index in [9.17, 15) is 18.0 Å². The molecule has 0 radical (unpaired) electrons.